The molecular formula is C25H30Ge. The zero-order valence-electron chi connectivity index (χ0n) is 16.8. The fraction of sp³-hybridized carbons (Fsp3) is 0.360. The first-order valence-electron chi connectivity index (χ1n) is 9.95. The van der Waals surface area contributed by atoms with E-state index < -0.39 is 13.3 Å². The van der Waals surface area contributed by atoms with Gasteiger partial charge >= 0.3 is 161 Å². The van der Waals surface area contributed by atoms with Gasteiger partial charge in [-0.3, -0.25) is 0 Å². The molecule has 0 heterocycles. The Hall–Kier alpha value is -1.54. The summed E-state index contributed by atoms with van der Waals surface area (Å²) in [5.74, 6) is 8.74. The van der Waals surface area contributed by atoms with E-state index in [0.717, 1.165) is 0 Å². The van der Waals surface area contributed by atoms with Crippen LogP contribution in [0.2, 0.25) is 17.3 Å². The normalized spacial score (nSPS) is 21.3. The van der Waals surface area contributed by atoms with Gasteiger partial charge in [0.05, 0.1) is 0 Å². The Bertz CT molecular complexity index is 908. The molecule has 0 aliphatic heterocycles. The molecule has 2 aromatic carbocycles. The fourth-order valence-corrected chi connectivity index (χ4v) is 8.33. The molecule has 0 amide bonds. The van der Waals surface area contributed by atoms with E-state index >= 15 is 0 Å². The van der Waals surface area contributed by atoms with Crippen molar-refractivity contribution in [3.05, 3.63) is 75.9 Å². The quantitative estimate of drug-likeness (QED) is 0.498. The second-order valence-electron chi connectivity index (χ2n) is 9.15. The van der Waals surface area contributed by atoms with E-state index in [9.17, 15) is 0 Å². The third kappa shape index (κ3) is 3.03. The van der Waals surface area contributed by atoms with E-state index in [1.54, 1.807) is 21.1 Å². The summed E-state index contributed by atoms with van der Waals surface area (Å²) < 4.78 is 1.67. The molecule has 2 aromatic rings. The SMILES string of the molecule is CC1=Cc2ccccc2C1CCC1C(C)=Cc2c1ccc[c]2[Ge]([CH3])([CH3])[CH3]. The average molecular weight is 403 g/mol. The van der Waals surface area contributed by atoms with Crippen LogP contribution in [0, 0.1) is 0 Å². The van der Waals surface area contributed by atoms with Gasteiger partial charge in [-0.1, -0.05) is 0 Å². The Balaban J connectivity index is 1.59. The molecule has 0 fully saturated rings. The summed E-state index contributed by atoms with van der Waals surface area (Å²) in [5, 5.41) is 0. The first-order chi connectivity index (χ1) is 12.4. The number of hydrogen-bond acceptors (Lipinski definition) is 0. The van der Waals surface area contributed by atoms with Gasteiger partial charge in [-0.05, 0) is 0 Å². The third-order valence-corrected chi connectivity index (χ3v) is 10.6. The maximum atomic E-state index is 2.51. The van der Waals surface area contributed by atoms with Crippen molar-refractivity contribution in [1.29, 1.82) is 0 Å². The Morgan fingerprint density at radius 2 is 1.35 bits per heavy atom. The van der Waals surface area contributed by atoms with Crippen molar-refractivity contribution in [1.82, 2.24) is 0 Å². The molecule has 26 heavy (non-hydrogen) atoms. The molecule has 0 N–H and O–H groups in total. The van der Waals surface area contributed by atoms with Crippen molar-refractivity contribution < 1.29 is 0 Å². The van der Waals surface area contributed by atoms with Crippen LogP contribution >= 0.6 is 0 Å². The van der Waals surface area contributed by atoms with E-state index in [1.807, 2.05) is 0 Å². The second-order valence-corrected chi connectivity index (χ2v) is 19.7. The maximum absolute atomic E-state index is 2.51. The van der Waals surface area contributed by atoms with Gasteiger partial charge in [0, 0.05) is 0 Å². The zero-order valence-corrected chi connectivity index (χ0v) is 18.9. The van der Waals surface area contributed by atoms with Crippen molar-refractivity contribution in [3.63, 3.8) is 0 Å². The summed E-state index contributed by atoms with van der Waals surface area (Å²) in [7, 11) is 0. The van der Waals surface area contributed by atoms with Crippen LogP contribution in [-0.2, 0) is 0 Å². The third-order valence-electron chi connectivity index (χ3n) is 6.29. The molecule has 2 aliphatic carbocycles. The minimum absolute atomic E-state index is 0.603. The molecule has 0 nitrogen and oxygen atoms in total. The summed E-state index contributed by atoms with van der Waals surface area (Å²) in [6.07, 6.45) is 7.38. The summed E-state index contributed by atoms with van der Waals surface area (Å²) in [6.45, 7) is 4.65. The van der Waals surface area contributed by atoms with Crippen molar-refractivity contribution in [2.75, 3.05) is 0 Å². The minimum atomic E-state index is -1.84. The van der Waals surface area contributed by atoms with Gasteiger partial charge in [0.15, 0.2) is 0 Å². The van der Waals surface area contributed by atoms with Gasteiger partial charge in [-0.2, -0.15) is 0 Å². The molecule has 2 atom stereocenters. The van der Waals surface area contributed by atoms with Crippen LogP contribution in [0.25, 0.3) is 12.2 Å². The van der Waals surface area contributed by atoms with Crippen molar-refractivity contribution in [2.45, 2.75) is 55.8 Å². The molecule has 0 aromatic heterocycles. The fourth-order valence-electron chi connectivity index (χ4n) is 4.93. The predicted octanol–water partition coefficient (Wildman–Crippen LogP) is 6.71. The van der Waals surface area contributed by atoms with Gasteiger partial charge in [0.2, 0.25) is 0 Å². The van der Waals surface area contributed by atoms with Crippen LogP contribution in [0.3, 0.4) is 0 Å². The first-order valence-corrected chi connectivity index (χ1v) is 17.3. The van der Waals surface area contributed by atoms with Gasteiger partial charge in [-0.25, -0.2) is 0 Å². The summed E-state index contributed by atoms with van der Waals surface area (Å²) in [5.41, 5.74) is 9.21. The summed E-state index contributed by atoms with van der Waals surface area (Å²) >= 11 is -1.84. The molecule has 1 heteroatoms. The van der Waals surface area contributed by atoms with Crippen molar-refractivity contribution in [2.24, 2.45) is 0 Å². The summed E-state index contributed by atoms with van der Waals surface area (Å²) in [6, 6.07) is 16.0. The Morgan fingerprint density at radius 1 is 0.731 bits per heavy atom. The first kappa shape index (κ1) is 17.9. The predicted molar refractivity (Wildman–Crippen MR) is 118 cm³/mol. The molecule has 0 bridgehead atoms. The van der Waals surface area contributed by atoms with E-state index in [4.69, 9.17) is 0 Å². The van der Waals surface area contributed by atoms with E-state index in [1.165, 1.54) is 29.5 Å². The number of hydrogen-bond donors (Lipinski definition) is 0. The Morgan fingerprint density at radius 3 is 2.08 bits per heavy atom. The number of benzene rings is 2. The number of allylic oxidation sites excluding steroid dienone is 2. The molecule has 0 spiro atoms. The van der Waals surface area contributed by atoms with Crippen molar-refractivity contribution >= 4 is 29.8 Å². The van der Waals surface area contributed by atoms with E-state index in [0.29, 0.717) is 11.8 Å². The summed E-state index contributed by atoms with van der Waals surface area (Å²) in [4.78, 5) is 0. The number of fused-ring (bicyclic) bond motifs is 2. The Labute approximate surface area is 161 Å². The topological polar surface area (TPSA) is 0 Å². The van der Waals surface area contributed by atoms with Crippen LogP contribution in [-0.4, -0.2) is 13.3 Å². The second kappa shape index (κ2) is 6.57. The van der Waals surface area contributed by atoms with Crippen molar-refractivity contribution in [3.8, 4) is 0 Å². The van der Waals surface area contributed by atoms with Crippen LogP contribution in [0.5, 0.6) is 0 Å². The van der Waals surface area contributed by atoms with Crippen LogP contribution in [0.1, 0.15) is 60.8 Å². The van der Waals surface area contributed by atoms with E-state index in [2.05, 4.69) is 85.7 Å². The molecule has 4 rings (SSSR count). The van der Waals surface area contributed by atoms with Gasteiger partial charge in [0.25, 0.3) is 0 Å². The van der Waals surface area contributed by atoms with Gasteiger partial charge < -0.3 is 0 Å². The van der Waals surface area contributed by atoms with Crippen LogP contribution in [0.4, 0.5) is 0 Å². The van der Waals surface area contributed by atoms with Gasteiger partial charge in [-0.15, -0.1) is 0 Å². The van der Waals surface area contributed by atoms with Crippen LogP contribution in [0.15, 0.2) is 53.6 Å². The molecule has 0 saturated heterocycles. The van der Waals surface area contributed by atoms with E-state index in [-0.39, 0.29) is 0 Å². The molecular weight excluding hydrogens is 373 g/mol. The Kier molecular flexibility index (Phi) is 4.51. The van der Waals surface area contributed by atoms with Crippen LogP contribution < -0.4 is 4.40 Å². The molecule has 2 aliphatic rings. The average Bonchev–Trinajstić information content (AvgIpc) is 3.07. The molecule has 0 saturated carbocycles. The molecule has 2 unspecified atom stereocenters. The number of rotatable bonds is 4. The standard InChI is InChI=1S/C25H30Ge/c1-17-15-19-9-6-7-10-22(19)20(17)13-14-21-18(2)16-24-23(21)11-8-12-25(24)26(3,4)5/h6-12,15-16,20-21H,13-14H2,1-5H3. The van der Waals surface area contributed by atoms with Gasteiger partial charge in [0.1, 0.15) is 0 Å². The zero-order chi connectivity index (χ0) is 18.5. The molecule has 134 valence electrons. The molecule has 0 radical (unpaired) electrons. The monoisotopic (exact) mass is 404 g/mol.